The number of nitrogens with zero attached hydrogens (tertiary/aromatic N) is 1. The van der Waals surface area contributed by atoms with Crippen LogP contribution in [0.2, 0.25) is 0 Å². The van der Waals surface area contributed by atoms with Crippen LogP contribution in [0.3, 0.4) is 0 Å². The molecule has 1 aromatic carbocycles. The third kappa shape index (κ3) is 10.9. The van der Waals surface area contributed by atoms with Crippen molar-refractivity contribution in [2.45, 2.75) is 57.4 Å². The molecule has 0 saturated carbocycles. The van der Waals surface area contributed by atoms with Crippen molar-refractivity contribution in [2.75, 3.05) is 39.5 Å². The highest BCUT2D eigenvalue weighted by molar-refractivity contribution is 5.97. The van der Waals surface area contributed by atoms with Crippen LogP contribution in [0.15, 0.2) is 18.2 Å². The van der Waals surface area contributed by atoms with Crippen LogP contribution in [-0.4, -0.2) is 74.6 Å². The molecule has 0 aliphatic carbocycles. The van der Waals surface area contributed by atoms with Crippen molar-refractivity contribution in [2.24, 2.45) is 0 Å². The summed E-state index contributed by atoms with van der Waals surface area (Å²) in [6.45, 7) is 0.231. The van der Waals surface area contributed by atoms with E-state index >= 15 is 0 Å². The topological polar surface area (TPSA) is 77.1 Å². The summed E-state index contributed by atoms with van der Waals surface area (Å²) in [5.41, 5.74) is -0.372. The summed E-state index contributed by atoms with van der Waals surface area (Å²) >= 11 is 0. The first-order chi connectivity index (χ1) is 16.9. The summed E-state index contributed by atoms with van der Waals surface area (Å²) in [5, 5.41) is 2.64. The molecule has 1 N–H and O–H groups in total. The third-order valence-corrected chi connectivity index (χ3v) is 5.37. The van der Waals surface area contributed by atoms with E-state index in [2.05, 4.69) is 15.0 Å². The predicted molar refractivity (Wildman–Crippen MR) is 117 cm³/mol. The molecule has 1 fully saturated rings. The van der Waals surface area contributed by atoms with Crippen LogP contribution >= 0.6 is 0 Å². The van der Waals surface area contributed by atoms with Gasteiger partial charge in [0, 0.05) is 19.0 Å². The van der Waals surface area contributed by atoms with E-state index in [9.17, 15) is 35.9 Å². The van der Waals surface area contributed by atoms with Crippen LogP contribution < -0.4 is 14.8 Å². The Labute approximate surface area is 205 Å². The van der Waals surface area contributed by atoms with Gasteiger partial charge in [0.15, 0.2) is 13.2 Å². The Balaban J connectivity index is 2.05. The van der Waals surface area contributed by atoms with E-state index < -0.39 is 37.2 Å². The number of esters is 1. The average molecular weight is 528 g/mol. The number of halogens is 6. The second kappa shape index (κ2) is 13.6. The standard InChI is InChI=1S/C23H30F6N2O5/c1-2-34-20(32)7-5-11-31-10-4-3-6-16(31)13-30-21(33)18-12-17(35-14-22(24,25)26)8-9-19(18)36-15-23(27,28)29/h8-9,12,16H,2-7,10-11,13-15H2,1H3,(H,30,33). The molecule has 1 heterocycles. The molecule has 7 nitrogen and oxygen atoms in total. The molecule has 1 aromatic rings. The van der Waals surface area contributed by atoms with Crippen molar-refractivity contribution in [3.8, 4) is 11.5 Å². The zero-order chi connectivity index (χ0) is 26.8. The fourth-order valence-corrected chi connectivity index (χ4v) is 3.78. The minimum atomic E-state index is -4.68. The molecule has 1 unspecified atom stereocenters. The summed E-state index contributed by atoms with van der Waals surface area (Å²) < 4.78 is 89.6. The van der Waals surface area contributed by atoms with Crippen LogP contribution in [0.25, 0.3) is 0 Å². The van der Waals surface area contributed by atoms with E-state index in [0.717, 1.165) is 44.0 Å². The van der Waals surface area contributed by atoms with Crippen molar-refractivity contribution >= 4 is 11.9 Å². The SMILES string of the molecule is CCOC(=O)CCCN1CCCCC1CNC(=O)c1cc(OCC(F)(F)F)ccc1OCC(F)(F)F. The number of amides is 1. The van der Waals surface area contributed by atoms with Crippen molar-refractivity contribution < 1.29 is 50.1 Å². The van der Waals surface area contributed by atoms with Gasteiger partial charge in [-0.3, -0.25) is 14.5 Å². The zero-order valence-electron chi connectivity index (χ0n) is 19.8. The first-order valence-electron chi connectivity index (χ1n) is 11.6. The maximum Gasteiger partial charge on any atom is 0.422 e. The van der Waals surface area contributed by atoms with Crippen molar-refractivity contribution in [3.63, 3.8) is 0 Å². The van der Waals surface area contributed by atoms with Gasteiger partial charge in [-0.15, -0.1) is 0 Å². The molecule has 2 rings (SSSR count). The predicted octanol–water partition coefficient (Wildman–Crippen LogP) is 4.50. The first-order valence-corrected chi connectivity index (χ1v) is 11.6. The fraction of sp³-hybridized carbons (Fsp3) is 0.652. The molecule has 1 aliphatic heterocycles. The number of likely N-dealkylation sites (tertiary alicyclic amines) is 1. The van der Waals surface area contributed by atoms with E-state index in [4.69, 9.17) is 9.47 Å². The second-order valence-corrected chi connectivity index (χ2v) is 8.27. The van der Waals surface area contributed by atoms with Gasteiger partial charge < -0.3 is 19.5 Å². The number of piperidine rings is 1. The Bertz CT molecular complexity index is 862. The zero-order valence-corrected chi connectivity index (χ0v) is 19.8. The van der Waals surface area contributed by atoms with Gasteiger partial charge in [-0.1, -0.05) is 6.42 Å². The number of nitrogens with one attached hydrogen (secondary N) is 1. The van der Waals surface area contributed by atoms with Gasteiger partial charge >= 0.3 is 18.3 Å². The molecule has 1 saturated heterocycles. The molecule has 13 heteroatoms. The van der Waals surface area contributed by atoms with Crippen molar-refractivity contribution in [3.05, 3.63) is 23.8 Å². The van der Waals surface area contributed by atoms with Gasteiger partial charge in [-0.05, 0) is 57.5 Å². The first kappa shape index (κ1) is 29.5. The molecule has 1 atom stereocenters. The molecule has 0 bridgehead atoms. The Hall–Kier alpha value is -2.70. The van der Waals surface area contributed by atoms with Gasteiger partial charge in [-0.2, -0.15) is 26.3 Å². The lowest BCUT2D eigenvalue weighted by Gasteiger charge is -2.35. The number of rotatable bonds is 12. The molecule has 204 valence electrons. The molecule has 1 aliphatic rings. The Morgan fingerprint density at radius 2 is 1.75 bits per heavy atom. The normalized spacial score (nSPS) is 16.9. The summed E-state index contributed by atoms with van der Waals surface area (Å²) in [4.78, 5) is 26.5. The number of hydrogen-bond acceptors (Lipinski definition) is 6. The highest BCUT2D eigenvalue weighted by atomic mass is 19.4. The Morgan fingerprint density at radius 3 is 2.42 bits per heavy atom. The van der Waals surface area contributed by atoms with Crippen LogP contribution in [0.4, 0.5) is 26.3 Å². The highest BCUT2D eigenvalue weighted by Crippen LogP contribution is 2.28. The lowest BCUT2D eigenvalue weighted by Crippen LogP contribution is -2.47. The van der Waals surface area contributed by atoms with Gasteiger partial charge in [0.2, 0.25) is 0 Å². The number of alkyl halides is 6. The van der Waals surface area contributed by atoms with E-state index in [0.29, 0.717) is 19.6 Å². The van der Waals surface area contributed by atoms with Crippen LogP contribution in [0, 0.1) is 0 Å². The number of benzene rings is 1. The van der Waals surface area contributed by atoms with Crippen molar-refractivity contribution in [1.82, 2.24) is 10.2 Å². The van der Waals surface area contributed by atoms with Gasteiger partial charge in [0.05, 0.1) is 12.2 Å². The largest absolute Gasteiger partial charge is 0.484 e. The smallest absolute Gasteiger partial charge is 0.422 e. The van der Waals surface area contributed by atoms with Gasteiger partial charge in [0.1, 0.15) is 11.5 Å². The van der Waals surface area contributed by atoms with Crippen LogP contribution in [0.1, 0.15) is 49.4 Å². The van der Waals surface area contributed by atoms with E-state index in [1.165, 1.54) is 0 Å². The monoisotopic (exact) mass is 528 g/mol. The summed E-state index contributed by atoms with van der Waals surface area (Å²) in [6.07, 6.45) is -5.87. The molecule has 36 heavy (non-hydrogen) atoms. The summed E-state index contributed by atoms with van der Waals surface area (Å²) in [5.74, 6) is -1.87. The Morgan fingerprint density at radius 1 is 1.06 bits per heavy atom. The van der Waals surface area contributed by atoms with E-state index in [1.807, 2.05) is 0 Å². The minimum Gasteiger partial charge on any atom is -0.484 e. The van der Waals surface area contributed by atoms with Crippen LogP contribution in [0.5, 0.6) is 11.5 Å². The molecular formula is C23H30F6N2O5. The molecule has 0 aromatic heterocycles. The summed E-state index contributed by atoms with van der Waals surface area (Å²) in [7, 11) is 0. The van der Waals surface area contributed by atoms with Crippen molar-refractivity contribution in [1.29, 1.82) is 0 Å². The number of carbonyl (C=O) groups is 2. The molecule has 0 spiro atoms. The maximum absolute atomic E-state index is 12.8. The van der Waals surface area contributed by atoms with Gasteiger partial charge in [0.25, 0.3) is 5.91 Å². The number of ether oxygens (including phenoxy) is 3. The van der Waals surface area contributed by atoms with Gasteiger partial charge in [-0.25, -0.2) is 0 Å². The fourth-order valence-electron chi connectivity index (χ4n) is 3.78. The molecular weight excluding hydrogens is 498 g/mol. The lowest BCUT2D eigenvalue weighted by atomic mass is 10.0. The Kier molecular flexibility index (Phi) is 11.1. The third-order valence-electron chi connectivity index (χ3n) is 5.37. The minimum absolute atomic E-state index is 0.0749. The maximum atomic E-state index is 12.8. The molecule has 1 amide bonds. The number of carbonyl (C=O) groups excluding carboxylic acids is 2. The number of hydrogen-bond donors (Lipinski definition) is 1. The highest BCUT2D eigenvalue weighted by Gasteiger charge is 2.31. The molecule has 0 radical (unpaired) electrons. The average Bonchev–Trinajstić information content (AvgIpc) is 2.80. The summed E-state index contributed by atoms with van der Waals surface area (Å²) in [6, 6.07) is 2.81. The van der Waals surface area contributed by atoms with Crippen LogP contribution in [-0.2, 0) is 9.53 Å². The lowest BCUT2D eigenvalue weighted by molar-refractivity contribution is -0.154. The second-order valence-electron chi connectivity index (χ2n) is 8.27. The quantitative estimate of drug-likeness (QED) is 0.318. The van der Waals surface area contributed by atoms with E-state index in [-0.39, 0.29) is 36.3 Å². The van der Waals surface area contributed by atoms with E-state index in [1.54, 1.807) is 6.92 Å².